The summed E-state index contributed by atoms with van der Waals surface area (Å²) in [6.45, 7) is 4.48. The molecule has 0 unspecified atom stereocenters. The van der Waals surface area contributed by atoms with Crippen molar-refractivity contribution in [1.29, 1.82) is 0 Å². The number of hydrogen-bond donors (Lipinski definition) is 1. The molecule has 4 nitrogen and oxygen atoms in total. The molecule has 0 spiro atoms. The number of alkyl halides is 1. The number of unbranched alkanes of at least 4 members (excludes halogenated alkanes) is 3. The van der Waals surface area contributed by atoms with E-state index in [9.17, 15) is 4.79 Å². The first-order valence-corrected chi connectivity index (χ1v) is 8.48. The van der Waals surface area contributed by atoms with Gasteiger partial charge in [-0.1, -0.05) is 28.8 Å². The highest BCUT2D eigenvalue weighted by Crippen LogP contribution is 2.37. The molecule has 1 N–H and O–H groups in total. The van der Waals surface area contributed by atoms with Crippen LogP contribution in [0.15, 0.2) is 18.2 Å². The first-order valence-electron chi connectivity index (χ1n) is 7.36. The topological polar surface area (TPSA) is 47.6 Å². The van der Waals surface area contributed by atoms with Crippen LogP contribution >= 0.6 is 15.9 Å². The number of carbonyl (C=O) groups excluding carboxylic acids is 1. The fourth-order valence-corrected chi connectivity index (χ4v) is 2.78. The molecule has 0 fully saturated rings. The van der Waals surface area contributed by atoms with Gasteiger partial charge < -0.3 is 9.47 Å². The van der Waals surface area contributed by atoms with E-state index in [1.54, 1.807) is 0 Å². The highest BCUT2D eigenvalue weighted by Gasteiger charge is 2.33. The molecule has 0 saturated heterocycles. The van der Waals surface area contributed by atoms with E-state index >= 15 is 0 Å². The minimum absolute atomic E-state index is 0.409. The molecule has 0 aliphatic carbocycles. The van der Waals surface area contributed by atoms with E-state index < -0.39 is 11.7 Å². The Kier molecular flexibility index (Phi) is 5.51. The molecule has 0 aromatic heterocycles. The summed E-state index contributed by atoms with van der Waals surface area (Å²) in [6.07, 6.45) is 4.27. The average Bonchev–Trinajstić information content (AvgIpc) is 2.42. The van der Waals surface area contributed by atoms with Crippen molar-refractivity contribution < 1.29 is 14.3 Å². The lowest BCUT2D eigenvalue weighted by Crippen LogP contribution is -2.34. The minimum atomic E-state index is -0.632. The number of halogens is 1. The van der Waals surface area contributed by atoms with Crippen molar-refractivity contribution >= 4 is 27.7 Å². The fourth-order valence-electron chi connectivity index (χ4n) is 2.38. The molecule has 1 aliphatic heterocycles. The first-order chi connectivity index (χ1) is 10.0. The summed E-state index contributed by atoms with van der Waals surface area (Å²) >= 11 is 3.43. The van der Waals surface area contributed by atoms with Gasteiger partial charge in [0.25, 0.3) is 0 Å². The van der Waals surface area contributed by atoms with Crippen LogP contribution in [0, 0.1) is 0 Å². The van der Waals surface area contributed by atoms with Crippen LogP contribution in [-0.4, -0.2) is 18.0 Å². The Morgan fingerprint density at radius 3 is 2.76 bits per heavy atom. The Balaban J connectivity index is 1.93. The van der Waals surface area contributed by atoms with E-state index in [2.05, 4.69) is 21.2 Å². The van der Waals surface area contributed by atoms with Crippen LogP contribution in [-0.2, 0) is 10.3 Å². The third-order valence-corrected chi connectivity index (χ3v) is 4.08. The molecule has 1 amide bonds. The van der Waals surface area contributed by atoms with Crippen LogP contribution in [0.2, 0.25) is 0 Å². The van der Waals surface area contributed by atoms with E-state index in [1.165, 1.54) is 19.3 Å². The average molecular weight is 356 g/mol. The highest BCUT2D eigenvalue weighted by atomic mass is 79.9. The molecule has 1 aromatic rings. The van der Waals surface area contributed by atoms with Crippen LogP contribution in [0.1, 0.15) is 45.1 Å². The Hall–Kier alpha value is -1.23. The molecule has 21 heavy (non-hydrogen) atoms. The second-order valence-electron chi connectivity index (χ2n) is 5.68. The van der Waals surface area contributed by atoms with Crippen molar-refractivity contribution in [2.45, 2.75) is 45.1 Å². The number of hydrogen-bond acceptors (Lipinski definition) is 3. The maximum atomic E-state index is 11.5. The van der Waals surface area contributed by atoms with E-state index in [-0.39, 0.29) is 0 Å². The fraction of sp³-hybridized carbons (Fsp3) is 0.562. The smallest absolute Gasteiger partial charge is 0.412 e. The van der Waals surface area contributed by atoms with Crippen LogP contribution in [0.3, 0.4) is 0 Å². The van der Waals surface area contributed by atoms with Gasteiger partial charge in [0.1, 0.15) is 11.4 Å². The number of nitrogens with one attached hydrogen (secondary N) is 1. The number of cyclic esters (lactones) is 1. The number of ether oxygens (including phenoxy) is 2. The number of benzene rings is 1. The Morgan fingerprint density at radius 1 is 1.24 bits per heavy atom. The molecule has 0 saturated carbocycles. The lowest BCUT2D eigenvalue weighted by atomic mass is 9.94. The van der Waals surface area contributed by atoms with Gasteiger partial charge in [0.05, 0.1) is 12.3 Å². The van der Waals surface area contributed by atoms with Gasteiger partial charge in [-0.3, -0.25) is 5.32 Å². The zero-order valence-electron chi connectivity index (χ0n) is 12.6. The third-order valence-electron chi connectivity index (χ3n) is 3.52. The molecule has 116 valence electrons. The van der Waals surface area contributed by atoms with Crippen molar-refractivity contribution in [3.05, 3.63) is 23.8 Å². The highest BCUT2D eigenvalue weighted by molar-refractivity contribution is 9.09. The number of anilines is 1. The SMILES string of the molecule is CC1(C)OC(=O)Nc2ccc(OCCCCCCBr)cc21. The summed E-state index contributed by atoms with van der Waals surface area (Å²) in [5, 5.41) is 3.78. The summed E-state index contributed by atoms with van der Waals surface area (Å²) in [6, 6.07) is 5.71. The normalized spacial score (nSPS) is 15.9. The predicted molar refractivity (Wildman–Crippen MR) is 87.3 cm³/mol. The number of rotatable bonds is 7. The van der Waals surface area contributed by atoms with Crippen LogP contribution in [0.25, 0.3) is 0 Å². The predicted octanol–water partition coefficient (Wildman–Crippen LogP) is 4.82. The largest absolute Gasteiger partial charge is 0.494 e. The van der Waals surface area contributed by atoms with Gasteiger partial charge in [-0.2, -0.15) is 0 Å². The van der Waals surface area contributed by atoms with Gasteiger partial charge in [0.15, 0.2) is 0 Å². The van der Waals surface area contributed by atoms with Gasteiger partial charge in [0.2, 0.25) is 0 Å². The molecule has 1 aromatic carbocycles. The lowest BCUT2D eigenvalue weighted by molar-refractivity contribution is 0.0418. The number of carbonyl (C=O) groups is 1. The standard InChI is InChI=1S/C16H22BrNO3/c1-16(2)13-11-12(20-10-6-4-3-5-9-17)7-8-14(13)18-15(19)21-16/h7-8,11H,3-6,9-10H2,1-2H3,(H,18,19). The molecular weight excluding hydrogens is 334 g/mol. The summed E-state index contributed by atoms with van der Waals surface area (Å²) in [5.41, 5.74) is 1.10. The molecular formula is C16H22BrNO3. The second-order valence-corrected chi connectivity index (χ2v) is 6.48. The molecule has 0 radical (unpaired) electrons. The zero-order valence-corrected chi connectivity index (χ0v) is 14.2. The molecule has 0 atom stereocenters. The van der Waals surface area contributed by atoms with Crippen molar-refractivity contribution in [1.82, 2.24) is 0 Å². The Bertz CT molecular complexity index is 502. The van der Waals surface area contributed by atoms with Crippen molar-refractivity contribution in [3.8, 4) is 5.75 Å². The monoisotopic (exact) mass is 355 g/mol. The lowest BCUT2D eigenvalue weighted by Gasteiger charge is -2.32. The summed E-state index contributed by atoms with van der Waals surface area (Å²) in [5.74, 6) is 0.821. The third kappa shape index (κ3) is 4.37. The summed E-state index contributed by atoms with van der Waals surface area (Å²) in [7, 11) is 0. The summed E-state index contributed by atoms with van der Waals surface area (Å²) in [4.78, 5) is 11.5. The second kappa shape index (κ2) is 7.16. The zero-order chi connectivity index (χ0) is 15.3. The van der Waals surface area contributed by atoms with Gasteiger partial charge in [-0.25, -0.2) is 4.79 Å². The quantitative estimate of drug-likeness (QED) is 0.563. The molecule has 1 heterocycles. The minimum Gasteiger partial charge on any atom is -0.494 e. The number of fused-ring (bicyclic) bond motifs is 1. The van der Waals surface area contributed by atoms with Gasteiger partial charge in [0, 0.05) is 10.9 Å². The van der Waals surface area contributed by atoms with Crippen LogP contribution in [0.5, 0.6) is 5.75 Å². The molecule has 5 heteroatoms. The van der Waals surface area contributed by atoms with E-state index in [0.717, 1.165) is 28.8 Å². The van der Waals surface area contributed by atoms with Gasteiger partial charge in [-0.15, -0.1) is 0 Å². The number of amides is 1. The maximum Gasteiger partial charge on any atom is 0.412 e. The van der Waals surface area contributed by atoms with E-state index in [4.69, 9.17) is 9.47 Å². The molecule has 2 rings (SSSR count). The Morgan fingerprint density at radius 2 is 2.00 bits per heavy atom. The van der Waals surface area contributed by atoms with Gasteiger partial charge in [-0.05, 0) is 44.9 Å². The van der Waals surface area contributed by atoms with Crippen molar-refractivity contribution in [2.24, 2.45) is 0 Å². The molecule has 0 bridgehead atoms. The van der Waals surface area contributed by atoms with Crippen LogP contribution < -0.4 is 10.1 Å². The first kappa shape index (κ1) is 16.1. The molecule has 1 aliphatic rings. The van der Waals surface area contributed by atoms with Crippen LogP contribution in [0.4, 0.5) is 10.5 Å². The van der Waals surface area contributed by atoms with Crippen molar-refractivity contribution in [3.63, 3.8) is 0 Å². The van der Waals surface area contributed by atoms with Crippen molar-refractivity contribution in [2.75, 3.05) is 17.3 Å². The van der Waals surface area contributed by atoms with E-state index in [1.807, 2.05) is 32.0 Å². The Labute approximate surface area is 134 Å². The summed E-state index contributed by atoms with van der Waals surface area (Å²) < 4.78 is 11.1. The maximum absolute atomic E-state index is 11.5. The van der Waals surface area contributed by atoms with Gasteiger partial charge >= 0.3 is 6.09 Å². The van der Waals surface area contributed by atoms with E-state index in [0.29, 0.717) is 6.61 Å².